The molecule has 9 rings (SSSR count). The summed E-state index contributed by atoms with van der Waals surface area (Å²) < 4.78 is 29.2. The number of anilines is 1. The Labute approximate surface area is 479 Å². The summed E-state index contributed by atoms with van der Waals surface area (Å²) in [7, 11) is 0. The number of carbonyl (C=O) groups is 8. The van der Waals surface area contributed by atoms with Crippen molar-refractivity contribution in [3.63, 3.8) is 0 Å². The molecule has 0 spiro atoms. The number of β-lactam (4-membered cyclic amide) rings is 1. The highest BCUT2D eigenvalue weighted by molar-refractivity contribution is 8.01. The van der Waals surface area contributed by atoms with Crippen molar-refractivity contribution in [3.8, 4) is 11.5 Å². The number of oxazole rings is 1. The summed E-state index contributed by atoms with van der Waals surface area (Å²) in [4.78, 5) is 117. The monoisotopic (exact) mass is 1170 g/mol. The van der Waals surface area contributed by atoms with Crippen LogP contribution in [0.15, 0.2) is 172 Å². The Morgan fingerprint density at radius 2 is 1.38 bits per heavy atom. The number of thioether (sulfide) groups is 2. The van der Waals surface area contributed by atoms with Crippen molar-refractivity contribution >= 4 is 94.2 Å². The fourth-order valence-electron chi connectivity index (χ4n) is 8.36. The number of nitrogens with zero attached hydrogens (tertiary/aromatic N) is 7. The molecule has 2 aromatic heterocycles. The van der Waals surface area contributed by atoms with Crippen molar-refractivity contribution in [1.82, 2.24) is 35.4 Å². The molecule has 26 heteroatoms. The number of oxime groups is 1. The Hall–Kier alpha value is -9.46. The molecule has 2 aliphatic rings. The van der Waals surface area contributed by atoms with E-state index in [0.717, 1.165) is 49.1 Å². The Morgan fingerprint density at radius 1 is 0.793 bits per heavy atom. The molecule has 82 heavy (non-hydrogen) atoms. The molecule has 0 aliphatic carbocycles. The summed E-state index contributed by atoms with van der Waals surface area (Å²) in [6.07, 6.45) is -0.690. The van der Waals surface area contributed by atoms with Gasteiger partial charge in [0.05, 0.1) is 0 Å². The van der Waals surface area contributed by atoms with Gasteiger partial charge in [-0.1, -0.05) is 138 Å². The molecule has 2 N–H and O–H groups in total. The van der Waals surface area contributed by atoms with Crippen molar-refractivity contribution in [2.45, 2.75) is 49.2 Å². The lowest BCUT2D eigenvalue weighted by atomic mass is 10.0. The molecule has 1 saturated heterocycles. The van der Waals surface area contributed by atoms with Crippen LogP contribution < -0.4 is 20.1 Å². The third-order valence-corrected chi connectivity index (χ3v) is 14.6. The van der Waals surface area contributed by atoms with Crippen LogP contribution in [0, 0.1) is 0 Å². The van der Waals surface area contributed by atoms with Gasteiger partial charge in [-0.25, -0.2) is 9.48 Å². The molecule has 2 aliphatic heterocycles. The number of tetrazole rings is 1. The Bertz CT molecular complexity index is 3510. The number of carbonyl (C=O) groups excluding carboxylic acids is 8. The van der Waals surface area contributed by atoms with Crippen LogP contribution in [-0.4, -0.2) is 119 Å². The number of hydrogen-bond acceptors (Lipinski definition) is 21. The van der Waals surface area contributed by atoms with Crippen LogP contribution in [0.3, 0.4) is 0 Å². The highest BCUT2D eigenvalue weighted by Gasteiger charge is 2.55. The average Bonchev–Trinajstić information content (AvgIpc) is 3.87. The van der Waals surface area contributed by atoms with E-state index in [4.69, 9.17) is 39.8 Å². The van der Waals surface area contributed by atoms with Crippen LogP contribution in [0.25, 0.3) is 0 Å². The minimum absolute atomic E-state index is 0.0292. The van der Waals surface area contributed by atoms with Gasteiger partial charge in [0, 0.05) is 30.9 Å². The minimum atomic E-state index is -1.30. The number of esters is 4. The standard InChI is InChI=1S/C56H46ClN9O14S2/c1-32(67)77-42-24-23-38(25-43(42)78-33(2)68)41(69)29-76-62-46(40-28-75-55(58-40)59-44(70)26-57)51(72)60-47-52(73)66-48(54(74)80-50(36-19-11-5-12-20-36)37-21-13-6-14-22-37)39(30-81-53(47)66)31-82-56-61-63-64-65(56)27-45(71)79-49(34-15-7-3-8-16-34)35-17-9-4-10-18-35/h3-25,28,47,49-50,53H,26-27,29-31H2,1-2H3,(H,60,72)(H,58,59,70)/t47-,53+/m1/s1. The number of fused-ring (bicyclic) bond motifs is 1. The Morgan fingerprint density at radius 3 is 1.96 bits per heavy atom. The maximum atomic E-state index is 14.9. The maximum absolute atomic E-state index is 14.9. The third kappa shape index (κ3) is 13.9. The molecule has 7 aromatic rings. The van der Waals surface area contributed by atoms with Gasteiger partial charge in [0.2, 0.25) is 16.8 Å². The number of rotatable bonds is 23. The molecule has 4 heterocycles. The summed E-state index contributed by atoms with van der Waals surface area (Å²) in [6, 6.07) is 38.5. The summed E-state index contributed by atoms with van der Waals surface area (Å²) in [5, 5.41) is 20.2. The Balaban J connectivity index is 0.966. The second kappa shape index (κ2) is 26.7. The largest absolute Gasteiger partial charge is 0.451 e. The van der Waals surface area contributed by atoms with E-state index in [1.54, 1.807) is 48.5 Å². The first-order valence-corrected chi connectivity index (χ1v) is 27.3. The van der Waals surface area contributed by atoms with E-state index in [0.29, 0.717) is 16.7 Å². The van der Waals surface area contributed by atoms with Crippen LogP contribution >= 0.6 is 35.1 Å². The fourth-order valence-corrected chi connectivity index (χ4v) is 10.8. The van der Waals surface area contributed by atoms with Crippen LogP contribution in [0.1, 0.15) is 64.4 Å². The molecule has 5 aromatic carbocycles. The van der Waals surface area contributed by atoms with Gasteiger partial charge in [0.25, 0.3) is 11.8 Å². The number of nitrogens with one attached hydrogen (secondary N) is 2. The number of benzene rings is 5. The average molecular weight is 1170 g/mol. The molecule has 0 unspecified atom stereocenters. The number of amides is 3. The number of hydrogen-bond donors (Lipinski definition) is 2. The maximum Gasteiger partial charge on any atom is 0.356 e. The van der Waals surface area contributed by atoms with Crippen LogP contribution in [0.4, 0.5) is 6.01 Å². The summed E-state index contributed by atoms with van der Waals surface area (Å²) in [5.41, 5.74) is 2.15. The number of halogens is 1. The molecule has 1 fully saturated rings. The van der Waals surface area contributed by atoms with E-state index in [1.807, 2.05) is 72.8 Å². The van der Waals surface area contributed by atoms with E-state index in [2.05, 4.69) is 36.3 Å². The first kappa shape index (κ1) is 57.2. The lowest BCUT2D eigenvalue weighted by molar-refractivity contribution is -0.154. The molecule has 0 bridgehead atoms. The predicted molar refractivity (Wildman–Crippen MR) is 294 cm³/mol. The van der Waals surface area contributed by atoms with Crippen molar-refractivity contribution < 1.29 is 66.6 Å². The van der Waals surface area contributed by atoms with Gasteiger partial charge in [-0.3, -0.25) is 43.8 Å². The highest BCUT2D eigenvalue weighted by Crippen LogP contribution is 2.43. The van der Waals surface area contributed by atoms with Crippen LogP contribution in [0.5, 0.6) is 11.5 Å². The van der Waals surface area contributed by atoms with E-state index >= 15 is 0 Å². The normalized spacial score (nSPS) is 14.8. The van der Waals surface area contributed by atoms with Crippen LogP contribution in [0.2, 0.25) is 0 Å². The molecular formula is C56H46ClN9O14S2. The number of alkyl halides is 1. The second-order valence-electron chi connectivity index (χ2n) is 17.7. The minimum Gasteiger partial charge on any atom is -0.451 e. The van der Waals surface area contributed by atoms with Gasteiger partial charge in [-0.05, 0) is 56.5 Å². The smallest absolute Gasteiger partial charge is 0.356 e. The summed E-state index contributed by atoms with van der Waals surface area (Å²) in [6.45, 7) is 1.06. The van der Waals surface area contributed by atoms with E-state index in [-0.39, 0.29) is 57.7 Å². The number of aromatic nitrogens is 5. The lowest BCUT2D eigenvalue weighted by Gasteiger charge is -2.49. The highest BCUT2D eigenvalue weighted by atomic mass is 35.5. The van der Waals surface area contributed by atoms with Crippen molar-refractivity contribution in [2.24, 2.45) is 5.16 Å². The topological polar surface area (TPSA) is 292 Å². The molecule has 0 radical (unpaired) electrons. The van der Waals surface area contributed by atoms with Gasteiger partial charge in [0.15, 0.2) is 36.0 Å². The third-order valence-electron chi connectivity index (χ3n) is 12.0. The molecule has 23 nitrogen and oxygen atoms in total. The van der Waals surface area contributed by atoms with E-state index in [9.17, 15) is 38.4 Å². The summed E-state index contributed by atoms with van der Waals surface area (Å²) >= 11 is 7.97. The number of ether oxygens (including phenoxy) is 4. The molecule has 418 valence electrons. The van der Waals surface area contributed by atoms with Gasteiger partial charge in [-0.2, -0.15) is 4.98 Å². The molecule has 3 amide bonds. The lowest BCUT2D eigenvalue weighted by Crippen LogP contribution is -2.71. The number of ketones is 1. The zero-order chi connectivity index (χ0) is 57.7. The van der Waals surface area contributed by atoms with Gasteiger partial charge >= 0.3 is 29.9 Å². The number of Topliss-reactive ketones (excluding diaryl/α,β-unsaturated/α-hetero) is 1. The molecule has 0 saturated carbocycles. The van der Waals surface area contributed by atoms with Crippen LogP contribution in [-0.2, 0) is 54.4 Å². The van der Waals surface area contributed by atoms with E-state index in [1.165, 1.54) is 33.5 Å². The molecular weight excluding hydrogens is 1120 g/mol. The fraction of sp³-hybridized carbons (Fsp3) is 0.196. The first-order chi connectivity index (χ1) is 39.7. The van der Waals surface area contributed by atoms with E-state index < -0.39 is 89.2 Å². The second-order valence-corrected chi connectivity index (χ2v) is 20.0. The van der Waals surface area contributed by atoms with Crippen molar-refractivity contribution in [2.75, 3.05) is 29.3 Å². The zero-order valence-corrected chi connectivity index (χ0v) is 45.6. The Kier molecular flexibility index (Phi) is 18.6. The van der Waals surface area contributed by atoms with Crippen molar-refractivity contribution in [3.05, 3.63) is 191 Å². The summed E-state index contributed by atoms with van der Waals surface area (Å²) in [5.74, 6) is -6.85. The van der Waals surface area contributed by atoms with Gasteiger partial charge in [-0.15, -0.1) is 28.5 Å². The first-order valence-electron chi connectivity index (χ1n) is 24.8. The SMILES string of the molecule is CC(=O)Oc1ccc(C(=O)CON=C(C(=O)N[C@@H]2C(=O)N3C(C(=O)OC(c4ccccc4)c4ccccc4)=C(CSc4nnnn4CC(=O)OC(c4ccccc4)c4ccccc4)CS[C@@H]23)c2coc(NC(=O)CCl)n2)cc1OC(C)=O. The zero-order valence-electron chi connectivity index (χ0n) is 43.2. The quantitative estimate of drug-likeness (QED) is 0.0102. The van der Waals surface area contributed by atoms with Gasteiger partial charge in [0.1, 0.15) is 41.5 Å². The predicted octanol–water partition coefficient (Wildman–Crippen LogP) is 6.40. The van der Waals surface area contributed by atoms with Gasteiger partial charge < -0.3 is 33.5 Å². The van der Waals surface area contributed by atoms with Crippen molar-refractivity contribution in [1.29, 1.82) is 0 Å². The molecule has 2 atom stereocenters.